The molecule has 1 amide bonds. The van der Waals surface area contributed by atoms with Gasteiger partial charge in [-0.3, -0.25) is 9.36 Å². The first-order valence-corrected chi connectivity index (χ1v) is 9.62. The van der Waals surface area contributed by atoms with Gasteiger partial charge in [0.25, 0.3) is 0 Å². The molecular weight excluding hydrogens is 344 g/mol. The average molecular weight is 366 g/mol. The van der Waals surface area contributed by atoms with Crippen molar-refractivity contribution in [2.24, 2.45) is 0 Å². The Labute approximate surface area is 157 Å². The molecule has 0 aliphatic carbocycles. The number of pyridine rings is 1. The molecule has 1 N–H and O–H groups in total. The highest BCUT2D eigenvalue weighted by Gasteiger charge is 2.05. The number of nitrogens with one attached hydrogen (secondary N) is 1. The van der Waals surface area contributed by atoms with E-state index in [2.05, 4.69) is 46.5 Å². The predicted octanol–water partition coefficient (Wildman–Crippen LogP) is 3.43. The molecule has 3 aromatic rings. The van der Waals surface area contributed by atoms with Gasteiger partial charge in [0.15, 0.2) is 0 Å². The quantitative estimate of drug-likeness (QED) is 0.696. The number of aromatic nitrogens is 3. The normalized spacial score (nSPS) is 10.7. The van der Waals surface area contributed by atoms with E-state index in [9.17, 15) is 4.79 Å². The van der Waals surface area contributed by atoms with E-state index in [1.165, 1.54) is 11.1 Å². The summed E-state index contributed by atoms with van der Waals surface area (Å²) in [7, 11) is 0. The molecule has 0 atom stereocenters. The molecule has 2 heterocycles. The third kappa shape index (κ3) is 4.95. The Morgan fingerprint density at radius 2 is 1.88 bits per heavy atom. The third-order valence-electron chi connectivity index (χ3n) is 3.99. The van der Waals surface area contributed by atoms with Crippen LogP contribution < -0.4 is 5.32 Å². The van der Waals surface area contributed by atoms with Crippen LogP contribution >= 0.6 is 11.8 Å². The number of rotatable bonds is 7. The Kier molecular flexibility index (Phi) is 6.07. The first-order valence-electron chi connectivity index (χ1n) is 8.47. The van der Waals surface area contributed by atoms with Gasteiger partial charge >= 0.3 is 0 Å². The standard InChI is InChI=1S/C20H22N4OS/c1-15-3-5-17(6-4-15)13-26-14-20(25)23-12-18-7-8-22-19(11-18)24-10-9-21-16(24)2/h3-11H,12-14H2,1-2H3,(H,23,25). The highest BCUT2D eigenvalue weighted by molar-refractivity contribution is 7.99. The second-order valence-corrected chi connectivity index (χ2v) is 7.11. The maximum atomic E-state index is 12.1. The van der Waals surface area contributed by atoms with Gasteiger partial charge in [-0.05, 0) is 37.1 Å². The highest BCUT2D eigenvalue weighted by Crippen LogP contribution is 2.13. The largest absolute Gasteiger partial charge is 0.351 e. The minimum Gasteiger partial charge on any atom is -0.351 e. The van der Waals surface area contributed by atoms with E-state index in [4.69, 9.17) is 0 Å². The number of carbonyl (C=O) groups excluding carboxylic acids is 1. The van der Waals surface area contributed by atoms with Gasteiger partial charge in [-0.2, -0.15) is 0 Å². The van der Waals surface area contributed by atoms with Crippen LogP contribution in [0, 0.1) is 13.8 Å². The SMILES string of the molecule is Cc1ccc(CSCC(=O)NCc2ccnc(-n3ccnc3C)c2)cc1. The lowest BCUT2D eigenvalue weighted by Crippen LogP contribution is -2.24. The predicted molar refractivity (Wildman–Crippen MR) is 105 cm³/mol. The number of hydrogen-bond acceptors (Lipinski definition) is 4. The Bertz CT molecular complexity index is 874. The molecule has 2 aromatic heterocycles. The zero-order valence-electron chi connectivity index (χ0n) is 15.0. The van der Waals surface area contributed by atoms with E-state index >= 15 is 0 Å². The van der Waals surface area contributed by atoms with Crippen molar-refractivity contribution in [3.8, 4) is 5.82 Å². The molecule has 0 aliphatic rings. The number of imidazole rings is 1. The molecule has 0 radical (unpaired) electrons. The van der Waals surface area contributed by atoms with Gasteiger partial charge in [-0.1, -0.05) is 29.8 Å². The molecule has 0 spiro atoms. The second kappa shape index (κ2) is 8.67. The van der Waals surface area contributed by atoms with E-state index in [0.717, 1.165) is 23.0 Å². The van der Waals surface area contributed by atoms with Crippen LogP contribution in [0.4, 0.5) is 0 Å². The van der Waals surface area contributed by atoms with Crippen molar-refractivity contribution in [3.05, 3.63) is 77.5 Å². The smallest absolute Gasteiger partial charge is 0.230 e. The van der Waals surface area contributed by atoms with Crippen LogP contribution in [0.3, 0.4) is 0 Å². The van der Waals surface area contributed by atoms with Gasteiger partial charge in [0.05, 0.1) is 5.75 Å². The summed E-state index contributed by atoms with van der Waals surface area (Å²) >= 11 is 1.62. The van der Waals surface area contributed by atoms with Crippen molar-refractivity contribution in [1.29, 1.82) is 0 Å². The van der Waals surface area contributed by atoms with E-state index < -0.39 is 0 Å². The van der Waals surface area contributed by atoms with E-state index in [1.54, 1.807) is 24.2 Å². The van der Waals surface area contributed by atoms with Gasteiger partial charge in [-0.15, -0.1) is 11.8 Å². The number of nitrogens with zero attached hydrogens (tertiary/aromatic N) is 3. The van der Waals surface area contributed by atoms with Crippen molar-refractivity contribution < 1.29 is 4.79 Å². The summed E-state index contributed by atoms with van der Waals surface area (Å²) in [6.45, 7) is 4.50. The molecule has 0 bridgehead atoms. The Morgan fingerprint density at radius 1 is 1.08 bits per heavy atom. The fourth-order valence-electron chi connectivity index (χ4n) is 2.52. The number of benzene rings is 1. The maximum Gasteiger partial charge on any atom is 0.230 e. The molecule has 0 saturated heterocycles. The van der Waals surface area contributed by atoms with Crippen LogP contribution in [-0.4, -0.2) is 26.2 Å². The molecule has 0 saturated carbocycles. The average Bonchev–Trinajstić information content (AvgIpc) is 3.08. The van der Waals surface area contributed by atoms with Crippen molar-refractivity contribution in [3.63, 3.8) is 0 Å². The van der Waals surface area contributed by atoms with Crippen LogP contribution in [0.15, 0.2) is 55.0 Å². The summed E-state index contributed by atoms with van der Waals surface area (Å²) in [6.07, 6.45) is 5.38. The van der Waals surface area contributed by atoms with Gasteiger partial charge < -0.3 is 5.32 Å². The van der Waals surface area contributed by atoms with Crippen LogP contribution in [0.5, 0.6) is 0 Å². The molecule has 26 heavy (non-hydrogen) atoms. The third-order valence-corrected chi connectivity index (χ3v) is 5.00. The Hall–Kier alpha value is -2.60. The monoisotopic (exact) mass is 366 g/mol. The number of amides is 1. The fraction of sp³-hybridized carbons (Fsp3) is 0.250. The van der Waals surface area contributed by atoms with Crippen molar-refractivity contribution >= 4 is 17.7 Å². The lowest BCUT2D eigenvalue weighted by Gasteiger charge is -2.08. The Morgan fingerprint density at radius 3 is 2.62 bits per heavy atom. The van der Waals surface area contributed by atoms with Gasteiger partial charge in [0.1, 0.15) is 11.6 Å². The van der Waals surface area contributed by atoms with Gasteiger partial charge in [0, 0.05) is 30.9 Å². The molecule has 1 aromatic carbocycles. The van der Waals surface area contributed by atoms with Crippen molar-refractivity contribution in [2.45, 2.75) is 26.1 Å². The molecule has 0 aliphatic heterocycles. The summed E-state index contributed by atoms with van der Waals surface area (Å²) in [6, 6.07) is 12.3. The zero-order chi connectivity index (χ0) is 18.4. The van der Waals surface area contributed by atoms with Crippen LogP contribution in [0.2, 0.25) is 0 Å². The zero-order valence-corrected chi connectivity index (χ0v) is 15.8. The summed E-state index contributed by atoms with van der Waals surface area (Å²) in [5.74, 6) is 3.02. The van der Waals surface area contributed by atoms with Crippen LogP contribution in [0.1, 0.15) is 22.5 Å². The van der Waals surface area contributed by atoms with Gasteiger partial charge in [-0.25, -0.2) is 9.97 Å². The number of aryl methyl sites for hydroxylation is 2. The van der Waals surface area contributed by atoms with Crippen molar-refractivity contribution in [2.75, 3.05) is 5.75 Å². The fourth-order valence-corrected chi connectivity index (χ4v) is 3.34. The number of hydrogen-bond donors (Lipinski definition) is 1. The maximum absolute atomic E-state index is 12.1. The second-order valence-electron chi connectivity index (χ2n) is 6.12. The summed E-state index contributed by atoms with van der Waals surface area (Å²) in [4.78, 5) is 20.6. The topological polar surface area (TPSA) is 59.8 Å². The summed E-state index contributed by atoms with van der Waals surface area (Å²) in [5.41, 5.74) is 3.50. The van der Waals surface area contributed by atoms with Crippen molar-refractivity contribution in [1.82, 2.24) is 19.9 Å². The lowest BCUT2D eigenvalue weighted by molar-refractivity contribution is -0.118. The highest BCUT2D eigenvalue weighted by atomic mass is 32.2. The molecule has 0 unspecified atom stereocenters. The molecule has 3 rings (SSSR count). The molecule has 134 valence electrons. The van der Waals surface area contributed by atoms with Crippen LogP contribution in [-0.2, 0) is 17.1 Å². The molecule has 5 nitrogen and oxygen atoms in total. The first kappa shape index (κ1) is 18.2. The Balaban J connectivity index is 1.47. The first-order chi connectivity index (χ1) is 12.6. The van der Waals surface area contributed by atoms with E-state index in [0.29, 0.717) is 12.3 Å². The van der Waals surface area contributed by atoms with Gasteiger partial charge in [0.2, 0.25) is 5.91 Å². The molecular formula is C20H22N4OS. The minimum atomic E-state index is 0.0410. The summed E-state index contributed by atoms with van der Waals surface area (Å²) in [5, 5.41) is 2.97. The summed E-state index contributed by atoms with van der Waals surface area (Å²) < 4.78 is 1.92. The van der Waals surface area contributed by atoms with Crippen LogP contribution in [0.25, 0.3) is 5.82 Å². The molecule has 6 heteroatoms. The number of thioether (sulfide) groups is 1. The van der Waals surface area contributed by atoms with E-state index in [-0.39, 0.29) is 5.91 Å². The molecule has 0 fully saturated rings. The van der Waals surface area contributed by atoms with E-state index in [1.807, 2.05) is 29.8 Å². The lowest BCUT2D eigenvalue weighted by atomic mass is 10.2. The minimum absolute atomic E-state index is 0.0410. The number of carbonyl (C=O) groups is 1.